The maximum absolute atomic E-state index is 13.7. The molecule has 3 atom stereocenters. The highest BCUT2D eigenvalue weighted by atomic mass is 79.9. The number of hydrogen-bond acceptors (Lipinski definition) is 3. The van der Waals surface area contributed by atoms with Crippen LogP contribution in [0.3, 0.4) is 0 Å². The number of rotatable bonds is 4. The van der Waals surface area contributed by atoms with E-state index >= 15 is 0 Å². The molecule has 0 radical (unpaired) electrons. The average Bonchev–Trinajstić information content (AvgIpc) is 2.43. The van der Waals surface area contributed by atoms with E-state index in [9.17, 15) is 12.8 Å². The predicted octanol–water partition coefficient (Wildman–Crippen LogP) is 3.45. The Hall–Kier alpha value is -0.460. The van der Waals surface area contributed by atoms with Crippen molar-refractivity contribution in [1.29, 1.82) is 0 Å². The molecule has 3 unspecified atom stereocenters. The van der Waals surface area contributed by atoms with Crippen LogP contribution in [0.2, 0.25) is 0 Å². The van der Waals surface area contributed by atoms with Gasteiger partial charge in [0.15, 0.2) is 0 Å². The fraction of sp³-hybridized carbons (Fsp3) is 0.600. The molecular weight excluding hydrogens is 357 g/mol. The number of nitrogens with one attached hydrogen (secondary N) is 1. The molecule has 0 saturated heterocycles. The van der Waals surface area contributed by atoms with Gasteiger partial charge in [0.25, 0.3) is 0 Å². The fourth-order valence-electron chi connectivity index (χ4n) is 3.25. The van der Waals surface area contributed by atoms with Gasteiger partial charge >= 0.3 is 0 Å². The Bertz CT molecular complexity index is 606. The van der Waals surface area contributed by atoms with Crippen LogP contribution in [0.15, 0.2) is 22.7 Å². The van der Waals surface area contributed by atoms with Gasteiger partial charge in [0.1, 0.15) is 15.7 Å². The molecule has 118 valence electrons. The lowest BCUT2D eigenvalue weighted by molar-refractivity contribution is 0.282. The van der Waals surface area contributed by atoms with E-state index in [4.69, 9.17) is 0 Å². The molecule has 1 aromatic carbocycles. The number of halogens is 2. The fourth-order valence-corrected chi connectivity index (χ4v) is 4.69. The summed E-state index contributed by atoms with van der Waals surface area (Å²) in [6.07, 6.45) is 4.56. The molecule has 1 fully saturated rings. The molecule has 0 amide bonds. The highest BCUT2D eigenvalue weighted by Crippen LogP contribution is 2.37. The maximum Gasteiger partial charge on any atom is 0.150 e. The molecule has 0 aliphatic heterocycles. The van der Waals surface area contributed by atoms with Crippen molar-refractivity contribution in [2.45, 2.75) is 37.0 Å². The van der Waals surface area contributed by atoms with E-state index in [1.54, 1.807) is 6.07 Å². The number of sulfone groups is 1. The molecule has 3 nitrogen and oxygen atoms in total. The second-order valence-electron chi connectivity index (χ2n) is 5.82. The van der Waals surface area contributed by atoms with Crippen LogP contribution in [-0.2, 0) is 9.84 Å². The highest BCUT2D eigenvalue weighted by molar-refractivity contribution is 9.10. The largest absolute Gasteiger partial charge is 0.313 e. The molecule has 1 saturated carbocycles. The van der Waals surface area contributed by atoms with Crippen LogP contribution in [0.5, 0.6) is 0 Å². The van der Waals surface area contributed by atoms with Gasteiger partial charge in [-0.25, -0.2) is 12.8 Å². The van der Waals surface area contributed by atoms with E-state index in [1.165, 1.54) is 12.3 Å². The van der Waals surface area contributed by atoms with E-state index in [1.807, 2.05) is 13.1 Å². The van der Waals surface area contributed by atoms with E-state index < -0.39 is 9.84 Å². The van der Waals surface area contributed by atoms with Gasteiger partial charge in [0.05, 0.1) is 9.72 Å². The summed E-state index contributed by atoms with van der Waals surface area (Å²) in [5.41, 5.74) is 0.873. The normalized spacial score (nSPS) is 24.8. The van der Waals surface area contributed by atoms with Crippen LogP contribution in [0.1, 0.15) is 37.3 Å². The maximum atomic E-state index is 13.7. The quantitative estimate of drug-likeness (QED) is 0.873. The lowest BCUT2D eigenvalue weighted by Crippen LogP contribution is -2.34. The molecule has 1 N–H and O–H groups in total. The summed E-state index contributed by atoms with van der Waals surface area (Å²) in [6.45, 7) is 0. The first kappa shape index (κ1) is 16.9. The minimum atomic E-state index is -3.01. The molecule has 0 bridgehead atoms. The summed E-state index contributed by atoms with van der Waals surface area (Å²) < 4.78 is 37.8. The van der Waals surface area contributed by atoms with Crippen LogP contribution >= 0.6 is 15.9 Å². The Morgan fingerprint density at radius 2 is 2.10 bits per heavy atom. The predicted molar refractivity (Wildman–Crippen MR) is 86.5 cm³/mol. The first-order valence-electron chi connectivity index (χ1n) is 7.14. The van der Waals surface area contributed by atoms with Crippen molar-refractivity contribution in [3.05, 3.63) is 34.1 Å². The van der Waals surface area contributed by atoms with E-state index in [0.717, 1.165) is 24.8 Å². The summed E-state index contributed by atoms with van der Waals surface area (Å²) >= 11 is 3.16. The third-order valence-corrected chi connectivity index (χ3v) is 6.64. The molecule has 1 aliphatic rings. The van der Waals surface area contributed by atoms with Gasteiger partial charge in [-0.3, -0.25) is 0 Å². The summed E-state index contributed by atoms with van der Waals surface area (Å²) in [6, 6.07) is 5.09. The Morgan fingerprint density at radius 3 is 2.67 bits per heavy atom. The average molecular weight is 378 g/mol. The first-order chi connectivity index (χ1) is 9.82. The zero-order chi connectivity index (χ0) is 15.6. The molecule has 0 aromatic heterocycles. The van der Waals surface area contributed by atoms with Crippen LogP contribution in [0.4, 0.5) is 4.39 Å². The summed E-state index contributed by atoms with van der Waals surface area (Å²) in [4.78, 5) is 0. The Labute approximate surface area is 134 Å². The minimum absolute atomic E-state index is 0.0165. The van der Waals surface area contributed by atoms with Gasteiger partial charge in [-0.15, -0.1) is 0 Å². The van der Waals surface area contributed by atoms with Crippen molar-refractivity contribution in [3.63, 3.8) is 0 Å². The Balaban J connectivity index is 2.22. The van der Waals surface area contributed by atoms with Gasteiger partial charge in [-0.1, -0.05) is 12.5 Å². The number of benzene rings is 1. The van der Waals surface area contributed by atoms with Crippen LogP contribution < -0.4 is 5.32 Å². The van der Waals surface area contributed by atoms with Gasteiger partial charge in [-0.05, 0) is 65.9 Å². The molecule has 0 heterocycles. The zero-order valence-corrected chi connectivity index (χ0v) is 14.7. The van der Waals surface area contributed by atoms with Gasteiger partial charge in [-0.2, -0.15) is 0 Å². The van der Waals surface area contributed by atoms with E-state index in [0.29, 0.717) is 10.9 Å². The highest BCUT2D eigenvalue weighted by Gasteiger charge is 2.33. The summed E-state index contributed by atoms with van der Waals surface area (Å²) in [7, 11) is -1.17. The molecule has 2 rings (SSSR count). The van der Waals surface area contributed by atoms with Crippen LogP contribution in [0, 0.1) is 11.7 Å². The third kappa shape index (κ3) is 4.05. The lowest BCUT2D eigenvalue weighted by Gasteiger charge is -2.34. The van der Waals surface area contributed by atoms with Crippen molar-refractivity contribution in [1.82, 2.24) is 5.32 Å². The molecule has 21 heavy (non-hydrogen) atoms. The molecule has 6 heteroatoms. The van der Waals surface area contributed by atoms with Crippen LogP contribution in [-0.4, -0.2) is 27.0 Å². The minimum Gasteiger partial charge on any atom is -0.313 e. The lowest BCUT2D eigenvalue weighted by atomic mass is 9.81. The van der Waals surface area contributed by atoms with Gasteiger partial charge in [0.2, 0.25) is 0 Å². The zero-order valence-electron chi connectivity index (χ0n) is 12.3. The van der Waals surface area contributed by atoms with Crippen molar-refractivity contribution in [2.75, 3.05) is 13.3 Å². The molecule has 1 aliphatic carbocycles. The Kier molecular flexibility index (Phi) is 5.43. The smallest absolute Gasteiger partial charge is 0.150 e. The molecule has 1 aromatic rings. The van der Waals surface area contributed by atoms with Crippen molar-refractivity contribution in [3.8, 4) is 0 Å². The van der Waals surface area contributed by atoms with Gasteiger partial charge < -0.3 is 5.32 Å². The molecular formula is C15H21BrFNO2S. The van der Waals surface area contributed by atoms with Crippen molar-refractivity contribution in [2.24, 2.45) is 5.92 Å². The monoisotopic (exact) mass is 377 g/mol. The SMILES string of the molecule is CNC(c1ccc(Br)c(F)c1)C1CCCC(S(C)(=O)=O)C1. The standard InChI is InChI=1S/C15H21BrFNO2S/c1-18-15(11-6-7-13(16)14(17)9-11)10-4-3-5-12(8-10)21(2,19)20/h6-7,9-10,12,15,18H,3-5,8H2,1-2H3. The van der Waals surface area contributed by atoms with E-state index in [2.05, 4.69) is 21.2 Å². The topological polar surface area (TPSA) is 46.2 Å². The molecule has 0 spiro atoms. The number of hydrogen-bond donors (Lipinski definition) is 1. The Morgan fingerprint density at radius 1 is 1.38 bits per heavy atom. The van der Waals surface area contributed by atoms with Crippen molar-refractivity contribution >= 4 is 25.8 Å². The second kappa shape index (κ2) is 6.75. The van der Waals surface area contributed by atoms with Gasteiger partial charge in [0, 0.05) is 12.3 Å². The summed E-state index contributed by atoms with van der Waals surface area (Å²) in [5, 5.41) is 2.96. The van der Waals surface area contributed by atoms with Crippen LogP contribution in [0.25, 0.3) is 0 Å². The third-order valence-electron chi connectivity index (χ3n) is 4.36. The first-order valence-corrected chi connectivity index (χ1v) is 9.88. The second-order valence-corrected chi connectivity index (χ2v) is 9.00. The van der Waals surface area contributed by atoms with E-state index in [-0.39, 0.29) is 23.0 Å². The summed E-state index contributed by atoms with van der Waals surface area (Å²) in [5.74, 6) is -0.0766. The van der Waals surface area contributed by atoms with Crippen molar-refractivity contribution < 1.29 is 12.8 Å².